The summed E-state index contributed by atoms with van der Waals surface area (Å²) in [5.41, 5.74) is 2.75. The predicted molar refractivity (Wildman–Crippen MR) is 94.3 cm³/mol. The van der Waals surface area contributed by atoms with Crippen LogP contribution in [0.2, 0.25) is 0 Å². The Labute approximate surface area is 135 Å². The largest absolute Gasteiger partial charge is 0.162 e. The van der Waals surface area contributed by atoms with Crippen LogP contribution >= 0.6 is 26.0 Å². The molecule has 0 amide bonds. The lowest BCUT2D eigenvalue weighted by molar-refractivity contribution is 1.36. The van der Waals surface area contributed by atoms with Gasteiger partial charge in [0.1, 0.15) is 0 Å². The molecule has 3 aromatic rings. The molecule has 0 saturated carbocycles. The van der Waals surface area contributed by atoms with Crippen molar-refractivity contribution in [3.8, 4) is 11.1 Å². The SMILES string of the molecule is CS1(c2ccccc2)c2ccccc2-c2c(Br)cccc21. The Hall–Kier alpha value is -1.51. The van der Waals surface area contributed by atoms with E-state index in [1.165, 1.54) is 30.3 Å². The van der Waals surface area contributed by atoms with Crippen LogP contribution in [0.1, 0.15) is 0 Å². The maximum Gasteiger partial charge on any atom is 0.0265 e. The molecule has 1 aliphatic heterocycles. The zero-order valence-electron chi connectivity index (χ0n) is 11.7. The molecule has 1 aliphatic rings. The lowest BCUT2D eigenvalue weighted by Crippen LogP contribution is -1.97. The van der Waals surface area contributed by atoms with Gasteiger partial charge in [-0.3, -0.25) is 0 Å². The third-order valence-corrected chi connectivity index (χ3v) is 8.56. The first-order chi connectivity index (χ1) is 10.2. The molecule has 0 spiro atoms. The number of benzene rings is 3. The van der Waals surface area contributed by atoms with E-state index >= 15 is 0 Å². The topological polar surface area (TPSA) is 0 Å². The Morgan fingerprint density at radius 2 is 1.38 bits per heavy atom. The Morgan fingerprint density at radius 3 is 2.19 bits per heavy atom. The lowest BCUT2D eigenvalue weighted by Gasteiger charge is -2.34. The molecule has 0 saturated heterocycles. The van der Waals surface area contributed by atoms with Crippen LogP contribution < -0.4 is 0 Å². The Bertz CT molecular complexity index is 826. The Morgan fingerprint density at radius 1 is 0.714 bits per heavy atom. The van der Waals surface area contributed by atoms with Crippen LogP contribution in [0.25, 0.3) is 11.1 Å². The van der Waals surface area contributed by atoms with Crippen molar-refractivity contribution in [3.63, 3.8) is 0 Å². The second-order valence-corrected chi connectivity index (χ2v) is 9.38. The molecule has 2 heteroatoms. The number of hydrogen-bond acceptors (Lipinski definition) is 0. The molecule has 0 N–H and O–H groups in total. The first kappa shape index (κ1) is 13.2. The first-order valence-electron chi connectivity index (χ1n) is 6.94. The van der Waals surface area contributed by atoms with Gasteiger partial charge in [0.05, 0.1) is 0 Å². The fourth-order valence-electron chi connectivity index (χ4n) is 3.20. The van der Waals surface area contributed by atoms with Gasteiger partial charge in [0, 0.05) is 19.8 Å². The highest BCUT2D eigenvalue weighted by molar-refractivity contribution is 9.10. The van der Waals surface area contributed by atoms with Gasteiger partial charge in [0.2, 0.25) is 0 Å². The van der Waals surface area contributed by atoms with Crippen LogP contribution in [0.3, 0.4) is 0 Å². The summed E-state index contributed by atoms with van der Waals surface area (Å²) in [5, 5.41) is 0. The van der Waals surface area contributed by atoms with Gasteiger partial charge in [-0.15, -0.1) is 0 Å². The van der Waals surface area contributed by atoms with Gasteiger partial charge in [-0.1, -0.05) is 58.4 Å². The smallest absolute Gasteiger partial charge is 0.0265 e. The molecule has 0 bridgehead atoms. The predicted octanol–water partition coefficient (Wildman–Crippen LogP) is 6.34. The van der Waals surface area contributed by atoms with Gasteiger partial charge in [0.15, 0.2) is 0 Å². The van der Waals surface area contributed by atoms with Gasteiger partial charge in [-0.2, -0.15) is 10.0 Å². The molecule has 1 unspecified atom stereocenters. The zero-order valence-corrected chi connectivity index (χ0v) is 14.1. The zero-order chi connectivity index (χ0) is 14.4. The maximum atomic E-state index is 3.75. The van der Waals surface area contributed by atoms with E-state index in [4.69, 9.17) is 0 Å². The van der Waals surface area contributed by atoms with Crippen molar-refractivity contribution in [2.24, 2.45) is 0 Å². The molecule has 3 aromatic carbocycles. The summed E-state index contributed by atoms with van der Waals surface area (Å²) in [6, 6.07) is 26.4. The molecule has 1 heterocycles. The van der Waals surface area contributed by atoms with Crippen LogP contribution in [0.4, 0.5) is 0 Å². The number of fused-ring (bicyclic) bond motifs is 3. The quantitative estimate of drug-likeness (QED) is 0.478. The Balaban J connectivity index is 2.13. The normalized spacial score (nSPS) is 22.2. The van der Waals surface area contributed by atoms with Crippen LogP contribution in [0.5, 0.6) is 0 Å². The summed E-state index contributed by atoms with van der Waals surface area (Å²) in [7, 11) is -1.15. The van der Waals surface area contributed by atoms with Crippen molar-refractivity contribution in [3.05, 3.63) is 77.3 Å². The highest BCUT2D eigenvalue weighted by Gasteiger charge is 2.37. The second kappa shape index (κ2) is 4.75. The van der Waals surface area contributed by atoms with E-state index in [9.17, 15) is 0 Å². The third-order valence-electron chi connectivity index (χ3n) is 4.23. The average Bonchev–Trinajstić information content (AvgIpc) is 2.81. The van der Waals surface area contributed by atoms with Crippen molar-refractivity contribution >= 4 is 26.0 Å². The second-order valence-electron chi connectivity index (χ2n) is 5.34. The van der Waals surface area contributed by atoms with Crippen LogP contribution in [0, 0.1) is 0 Å². The lowest BCUT2D eigenvalue weighted by atomic mass is 10.1. The van der Waals surface area contributed by atoms with E-state index in [2.05, 4.69) is 95.0 Å². The number of hydrogen-bond donors (Lipinski definition) is 0. The summed E-state index contributed by atoms with van der Waals surface area (Å²) in [6.45, 7) is 0. The van der Waals surface area contributed by atoms with E-state index in [0.29, 0.717) is 0 Å². The molecule has 1 atom stereocenters. The number of halogens is 1. The van der Waals surface area contributed by atoms with Crippen molar-refractivity contribution in [1.29, 1.82) is 0 Å². The molecular formula is C19H15BrS. The van der Waals surface area contributed by atoms with E-state index < -0.39 is 10.0 Å². The minimum Gasteiger partial charge on any atom is -0.162 e. The molecule has 0 aromatic heterocycles. The third kappa shape index (κ3) is 1.76. The van der Waals surface area contributed by atoms with Crippen molar-refractivity contribution in [2.75, 3.05) is 6.26 Å². The highest BCUT2D eigenvalue weighted by atomic mass is 79.9. The minimum atomic E-state index is -1.15. The van der Waals surface area contributed by atoms with Crippen LogP contribution in [-0.4, -0.2) is 6.26 Å². The summed E-state index contributed by atoms with van der Waals surface area (Å²) in [4.78, 5) is 4.36. The molecule has 104 valence electrons. The molecule has 0 aliphatic carbocycles. The molecule has 0 radical (unpaired) electrons. The Kier molecular flexibility index (Phi) is 2.98. The summed E-state index contributed by atoms with van der Waals surface area (Å²) in [6.07, 6.45) is 2.42. The molecular weight excluding hydrogens is 340 g/mol. The highest BCUT2D eigenvalue weighted by Crippen LogP contribution is 2.74. The summed E-state index contributed by atoms with van der Waals surface area (Å²) in [5.74, 6) is 0. The van der Waals surface area contributed by atoms with Crippen LogP contribution in [0.15, 0.2) is 92.0 Å². The first-order valence-corrected chi connectivity index (χ1v) is 9.78. The van der Waals surface area contributed by atoms with E-state index in [1.54, 1.807) is 0 Å². The molecule has 4 rings (SSSR count). The fraction of sp³-hybridized carbons (Fsp3) is 0.0526. The fourth-order valence-corrected chi connectivity index (χ4v) is 7.30. The monoisotopic (exact) mass is 354 g/mol. The molecule has 0 fully saturated rings. The van der Waals surface area contributed by atoms with Crippen LogP contribution in [-0.2, 0) is 0 Å². The molecule has 0 nitrogen and oxygen atoms in total. The number of rotatable bonds is 1. The van der Waals surface area contributed by atoms with Gasteiger partial charge in [0.25, 0.3) is 0 Å². The minimum absolute atomic E-state index is 1.15. The van der Waals surface area contributed by atoms with E-state index in [-0.39, 0.29) is 0 Å². The van der Waals surface area contributed by atoms with Crippen molar-refractivity contribution in [2.45, 2.75) is 14.7 Å². The summed E-state index contributed by atoms with van der Waals surface area (Å²) >= 11 is 3.75. The van der Waals surface area contributed by atoms with Gasteiger partial charge in [-0.25, -0.2) is 0 Å². The van der Waals surface area contributed by atoms with Gasteiger partial charge >= 0.3 is 0 Å². The van der Waals surface area contributed by atoms with Crippen molar-refractivity contribution < 1.29 is 0 Å². The average molecular weight is 355 g/mol. The maximum absolute atomic E-state index is 3.75. The molecule has 21 heavy (non-hydrogen) atoms. The van der Waals surface area contributed by atoms with Crippen molar-refractivity contribution in [1.82, 2.24) is 0 Å². The standard InChI is InChI=1S/C19H15BrS/c1-21(14-8-3-2-4-9-14)17-12-6-5-10-15(17)19-16(20)11-7-13-18(19)21/h2-13H,1H3. The van der Waals surface area contributed by atoms with Gasteiger partial charge < -0.3 is 0 Å². The van der Waals surface area contributed by atoms with Gasteiger partial charge in [-0.05, 0) is 47.0 Å². The van der Waals surface area contributed by atoms with E-state index in [1.807, 2.05) is 0 Å². The van der Waals surface area contributed by atoms with E-state index in [0.717, 1.165) is 0 Å². The summed E-state index contributed by atoms with van der Waals surface area (Å²) < 4.78 is 1.19.